The molecule has 7 heteroatoms. The molecule has 3 N–H and O–H groups in total. The van der Waals surface area contributed by atoms with Gasteiger partial charge < -0.3 is 25.1 Å². The van der Waals surface area contributed by atoms with Gasteiger partial charge in [0.15, 0.2) is 0 Å². The largest absolute Gasteiger partial charge is 0.519 e. The summed E-state index contributed by atoms with van der Waals surface area (Å²) in [5.41, 5.74) is 5.37. The van der Waals surface area contributed by atoms with Crippen LogP contribution in [0.25, 0.3) is 0 Å². The zero-order valence-corrected chi connectivity index (χ0v) is 16.7. The van der Waals surface area contributed by atoms with Crippen molar-refractivity contribution >= 4 is 12.3 Å². The lowest BCUT2D eigenvalue weighted by Crippen LogP contribution is -2.29. The number of benzene rings is 1. The fourth-order valence-electron chi connectivity index (χ4n) is 1.61. The first-order valence-electron chi connectivity index (χ1n) is 8.35. The van der Waals surface area contributed by atoms with E-state index in [-0.39, 0.29) is 6.04 Å². The van der Waals surface area contributed by atoms with E-state index in [0.717, 1.165) is 12.0 Å². The number of hydrogen-bond acceptors (Lipinski definition) is 7. The fraction of sp³-hybridized carbons (Fsp3) is 0.579. The molecule has 7 nitrogen and oxygen atoms in total. The quantitative estimate of drug-likeness (QED) is 0.595. The first-order valence-corrected chi connectivity index (χ1v) is 8.35. The number of rotatable bonds is 2. The van der Waals surface area contributed by atoms with E-state index in [1.807, 2.05) is 19.1 Å². The van der Waals surface area contributed by atoms with Crippen LogP contribution in [0.2, 0.25) is 0 Å². The molecule has 0 fully saturated rings. The maximum Gasteiger partial charge on any atom is 0.519 e. The van der Waals surface area contributed by atoms with Crippen molar-refractivity contribution in [1.82, 2.24) is 0 Å². The molecule has 0 radical (unpaired) electrons. The standard InChI is InChI=1S/C10H18O5.C9H13NO/c1-9(2,3)14-7(11)13-8(12)15-10(4,5)6;1-7(10)6-8-2-4-9(11)5-3-8/h1-6H3;2-5,7,11H,6,10H2,1H3/t;7-/m.1/s1. The molecule has 1 rings (SSSR count). The van der Waals surface area contributed by atoms with E-state index in [9.17, 15) is 9.59 Å². The van der Waals surface area contributed by atoms with Crippen LogP contribution in [0.3, 0.4) is 0 Å². The first-order chi connectivity index (χ1) is 11.7. The minimum atomic E-state index is -1.06. The number of phenols is 1. The number of nitrogens with two attached hydrogens (primary N) is 1. The Bertz CT molecular complexity index is 541. The lowest BCUT2D eigenvalue weighted by Gasteiger charge is -2.20. The second-order valence-electron chi connectivity index (χ2n) is 7.88. The SMILES string of the molecule is CC(C)(C)OC(=O)OC(=O)OC(C)(C)C.C[C@@H](N)Cc1ccc(O)cc1. The van der Waals surface area contributed by atoms with Crippen LogP contribution in [-0.4, -0.2) is 34.7 Å². The van der Waals surface area contributed by atoms with Gasteiger partial charge in [0.05, 0.1) is 0 Å². The third-order valence-corrected chi connectivity index (χ3v) is 2.44. The Labute approximate surface area is 155 Å². The predicted octanol–water partition coefficient (Wildman–Crippen LogP) is 4.16. The van der Waals surface area contributed by atoms with Crippen LogP contribution < -0.4 is 5.73 Å². The normalized spacial score (nSPS) is 12.3. The van der Waals surface area contributed by atoms with Gasteiger partial charge in [0.25, 0.3) is 0 Å². The van der Waals surface area contributed by atoms with E-state index in [2.05, 4.69) is 4.74 Å². The smallest absolute Gasteiger partial charge is 0.508 e. The number of hydrogen-bond donors (Lipinski definition) is 2. The van der Waals surface area contributed by atoms with E-state index < -0.39 is 23.5 Å². The van der Waals surface area contributed by atoms with Gasteiger partial charge in [0.2, 0.25) is 0 Å². The van der Waals surface area contributed by atoms with Crippen molar-refractivity contribution in [3.8, 4) is 5.75 Å². The van der Waals surface area contributed by atoms with Crippen molar-refractivity contribution in [3.63, 3.8) is 0 Å². The van der Waals surface area contributed by atoms with Gasteiger partial charge in [-0.2, -0.15) is 0 Å². The van der Waals surface area contributed by atoms with Crippen LogP contribution in [0.4, 0.5) is 9.59 Å². The summed E-state index contributed by atoms with van der Waals surface area (Å²) >= 11 is 0. The summed E-state index contributed by atoms with van der Waals surface area (Å²) in [6, 6.07) is 7.31. The minimum absolute atomic E-state index is 0.180. The highest BCUT2D eigenvalue weighted by atomic mass is 16.8. The molecule has 1 aromatic carbocycles. The van der Waals surface area contributed by atoms with Crippen LogP contribution in [0.1, 0.15) is 54.0 Å². The molecule has 26 heavy (non-hydrogen) atoms. The highest BCUT2D eigenvalue weighted by Gasteiger charge is 2.24. The molecule has 0 spiro atoms. The van der Waals surface area contributed by atoms with Gasteiger partial charge in [-0.15, -0.1) is 0 Å². The third-order valence-electron chi connectivity index (χ3n) is 2.44. The van der Waals surface area contributed by atoms with Gasteiger partial charge in [0, 0.05) is 6.04 Å². The van der Waals surface area contributed by atoms with E-state index in [0.29, 0.717) is 5.75 Å². The summed E-state index contributed by atoms with van der Waals surface area (Å²) in [4.78, 5) is 22.0. The molecular formula is C19H31NO6. The maximum absolute atomic E-state index is 11.0. The first kappa shape index (κ1) is 23.7. The monoisotopic (exact) mass is 369 g/mol. The van der Waals surface area contributed by atoms with Crippen LogP contribution >= 0.6 is 0 Å². The van der Waals surface area contributed by atoms with Gasteiger partial charge in [-0.3, -0.25) is 0 Å². The molecule has 0 aliphatic rings. The number of phenolic OH excluding ortho intramolecular Hbond substituents is 1. The number of ether oxygens (including phenoxy) is 3. The van der Waals surface area contributed by atoms with Crippen molar-refractivity contribution in [1.29, 1.82) is 0 Å². The topological polar surface area (TPSA) is 108 Å². The van der Waals surface area contributed by atoms with E-state index >= 15 is 0 Å². The number of aromatic hydroxyl groups is 1. The lowest BCUT2D eigenvalue weighted by molar-refractivity contribution is -0.0293. The van der Waals surface area contributed by atoms with Gasteiger partial charge >= 0.3 is 12.3 Å². The minimum Gasteiger partial charge on any atom is -0.508 e. The summed E-state index contributed by atoms with van der Waals surface area (Å²) in [5, 5.41) is 8.96. The Hall–Kier alpha value is -2.28. The lowest BCUT2D eigenvalue weighted by atomic mass is 10.1. The van der Waals surface area contributed by atoms with E-state index in [4.69, 9.17) is 20.3 Å². The average Bonchev–Trinajstić information content (AvgIpc) is 2.36. The Kier molecular flexibility index (Phi) is 9.13. The second kappa shape index (κ2) is 10.0. The molecule has 0 aliphatic heterocycles. The second-order valence-corrected chi connectivity index (χ2v) is 7.88. The van der Waals surface area contributed by atoms with E-state index in [1.54, 1.807) is 53.7 Å². The maximum atomic E-state index is 11.0. The van der Waals surface area contributed by atoms with Gasteiger partial charge in [0.1, 0.15) is 17.0 Å². The number of carbonyl (C=O) groups excluding carboxylic acids is 2. The van der Waals surface area contributed by atoms with Crippen LogP contribution in [0.15, 0.2) is 24.3 Å². The average molecular weight is 369 g/mol. The zero-order valence-electron chi connectivity index (χ0n) is 16.7. The molecule has 0 aromatic heterocycles. The zero-order chi connectivity index (χ0) is 20.5. The molecular weight excluding hydrogens is 338 g/mol. The summed E-state index contributed by atoms with van der Waals surface area (Å²) in [6.07, 6.45) is -1.26. The van der Waals surface area contributed by atoms with Crippen molar-refractivity contribution in [2.45, 2.75) is 72.1 Å². The molecule has 0 unspecified atom stereocenters. The summed E-state index contributed by atoms with van der Waals surface area (Å²) in [5.74, 6) is 0.304. The summed E-state index contributed by atoms with van der Waals surface area (Å²) in [7, 11) is 0. The molecule has 0 saturated carbocycles. The Morgan fingerprint density at radius 3 is 1.65 bits per heavy atom. The number of carbonyl (C=O) groups is 2. The van der Waals surface area contributed by atoms with Crippen molar-refractivity contribution < 1.29 is 28.9 Å². The van der Waals surface area contributed by atoms with Crippen molar-refractivity contribution in [2.75, 3.05) is 0 Å². The third kappa shape index (κ3) is 14.1. The molecule has 0 heterocycles. The fourth-order valence-corrected chi connectivity index (χ4v) is 1.61. The Morgan fingerprint density at radius 2 is 1.35 bits per heavy atom. The molecule has 0 saturated heterocycles. The van der Waals surface area contributed by atoms with Crippen LogP contribution in [-0.2, 0) is 20.6 Å². The van der Waals surface area contributed by atoms with Crippen LogP contribution in [0.5, 0.6) is 5.75 Å². The molecule has 0 bridgehead atoms. The molecule has 1 aromatic rings. The predicted molar refractivity (Wildman–Crippen MR) is 99.0 cm³/mol. The Morgan fingerprint density at radius 1 is 0.962 bits per heavy atom. The molecule has 0 amide bonds. The van der Waals surface area contributed by atoms with Gasteiger partial charge in [-0.1, -0.05) is 12.1 Å². The van der Waals surface area contributed by atoms with Crippen molar-refractivity contribution in [3.05, 3.63) is 29.8 Å². The summed E-state index contributed by atoms with van der Waals surface area (Å²) < 4.78 is 13.8. The van der Waals surface area contributed by atoms with E-state index in [1.165, 1.54) is 0 Å². The molecule has 1 atom stereocenters. The van der Waals surface area contributed by atoms with Gasteiger partial charge in [-0.25, -0.2) is 9.59 Å². The van der Waals surface area contributed by atoms with Gasteiger partial charge in [-0.05, 0) is 72.6 Å². The van der Waals surface area contributed by atoms with Crippen LogP contribution in [0, 0.1) is 0 Å². The van der Waals surface area contributed by atoms with Crippen molar-refractivity contribution in [2.24, 2.45) is 5.73 Å². The highest BCUT2D eigenvalue weighted by molar-refractivity contribution is 5.77. The Balaban J connectivity index is 0.000000502. The molecule has 0 aliphatic carbocycles. The summed E-state index contributed by atoms with van der Waals surface area (Å²) in [6.45, 7) is 12.0. The highest BCUT2D eigenvalue weighted by Crippen LogP contribution is 2.12. The molecule has 148 valence electrons.